The third-order valence-electron chi connectivity index (χ3n) is 4.52. The standard InChI is InChI=1S/C19H16N4O2/c1-10-11(2)18(24)23-16-8-13(4-5-14(10)16)22-19(25)12-3-6-15-17(7-12)21-9-20-15/h3-9H,1-2H3,(H,20,21)(H,22,25)(H,23,24). The van der Waals surface area contributed by atoms with Gasteiger partial charge in [0, 0.05) is 22.2 Å². The number of pyridine rings is 1. The molecule has 6 heteroatoms. The molecule has 4 aromatic rings. The Balaban J connectivity index is 1.68. The van der Waals surface area contributed by atoms with E-state index in [1.165, 1.54) is 0 Å². The second-order valence-corrected chi connectivity index (χ2v) is 6.05. The molecule has 2 heterocycles. The summed E-state index contributed by atoms with van der Waals surface area (Å²) in [6, 6.07) is 10.8. The molecular weight excluding hydrogens is 316 g/mol. The van der Waals surface area contributed by atoms with Gasteiger partial charge in [0.05, 0.1) is 22.9 Å². The van der Waals surface area contributed by atoms with Crippen LogP contribution in [0.25, 0.3) is 21.9 Å². The Morgan fingerprint density at radius 1 is 1.04 bits per heavy atom. The van der Waals surface area contributed by atoms with Crippen LogP contribution in [0.1, 0.15) is 21.5 Å². The maximum atomic E-state index is 12.5. The Hall–Kier alpha value is -3.41. The highest BCUT2D eigenvalue weighted by Crippen LogP contribution is 2.21. The molecule has 0 aliphatic heterocycles. The molecule has 3 N–H and O–H groups in total. The number of H-pyrrole nitrogens is 2. The zero-order chi connectivity index (χ0) is 17.6. The monoisotopic (exact) mass is 332 g/mol. The number of anilines is 1. The molecule has 0 saturated carbocycles. The van der Waals surface area contributed by atoms with Crippen LogP contribution in [-0.4, -0.2) is 20.9 Å². The van der Waals surface area contributed by atoms with Gasteiger partial charge in [-0.2, -0.15) is 0 Å². The molecule has 0 bridgehead atoms. The van der Waals surface area contributed by atoms with Gasteiger partial charge >= 0.3 is 0 Å². The highest BCUT2D eigenvalue weighted by molar-refractivity contribution is 6.06. The summed E-state index contributed by atoms with van der Waals surface area (Å²) in [4.78, 5) is 34.4. The number of aromatic nitrogens is 3. The van der Waals surface area contributed by atoms with Crippen LogP contribution in [0.3, 0.4) is 0 Å². The summed E-state index contributed by atoms with van der Waals surface area (Å²) >= 11 is 0. The lowest BCUT2D eigenvalue weighted by molar-refractivity contribution is 0.102. The molecule has 0 spiro atoms. The molecule has 124 valence electrons. The lowest BCUT2D eigenvalue weighted by Crippen LogP contribution is -2.13. The average Bonchev–Trinajstić information content (AvgIpc) is 3.07. The smallest absolute Gasteiger partial charge is 0.255 e. The molecule has 0 saturated heterocycles. The predicted octanol–water partition coefficient (Wildman–Crippen LogP) is 3.27. The number of rotatable bonds is 2. The van der Waals surface area contributed by atoms with Crippen molar-refractivity contribution in [3.8, 4) is 0 Å². The Morgan fingerprint density at radius 3 is 2.72 bits per heavy atom. The first-order valence-electron chi connectivity index (χ1n) is 7.90. The summed E-state index contributed by atoms with van der Waals surface area (Å²) in [6.45, 7) is 3.72. The van der Waals surface area contributed by atoms with Crippen molar-refractivity contribution in [1.82, 2.24) is 15.0 Å². The van der Waals surface area contributed by atoms with E-state index in [1.807, 2.05) is 19.1 Å². The summed E-state index contributed by atoms with van der Waals surface area (Å²) in [6.07, 6.45) is 1.59. The Labute approximate surface area is 142 Å². The fraction of sp³-hybridized carbons (Fsp3) is 0.105. The first kappa shape index (κ1) is 15.1. The number of benzene rings is 2. The largest absolute Gasteiger partial charge is 0.345 e. The SMILES string of the molecule is Cc1c(C)c2ccc(NC(=O)c3ccc4nc[nH]c4c3)cc2[nH]c1=O. The summed E-state index contributed by atoms with van der Waals surface area (Å²) < 4.78 is 0. The van der Waals surface area contributed by atoms with Gasteiger partial charge in [-0.1, -0.05) is 6.07 Å². The van der Waals surface area contributed by atoms with Crippen LogP contribution in [-0.2, 0) is 0 Å². The van der Waals surface area contributed by atoms with Crippen molar-refractivity contribution in [2.24, 2.45) is 0 Å². The van der Waals surface area contributed by atoms with Crippen molar-refractivity contribution in [3.63, 3.8) is 0 Å². The molecule has 0 radical (unpaired) electrons. The lowest BCUT2D eigenvalue weighted by atomic mass is 10.1. The van der Waals surface area contributed by atoms with Gasteiger partial charge < -0.3 is 15.3 Å². The van der Waals surface area contributed by atoms with Gasteiger partial charge in [-0.05, 0) is 49.7 Å². The molecule has 2 aromatic heterocycles. The number of amides is 1. The predicted molar refractivity (Wildman–Crippen MR) is 98.1 cm³/mol. The molecule has 0 aliphatic rings. The van der Waals surface area contributed by atoms with Crippen LogP contribution in [0.4, 0.5) is 5.69 Å². The lowest BCUT2D eigenvalue weighted by Gasteiger charge is -2.09. The second kappa shape index (κ2) is 5.59. The first-order chi connectivity index (χ1) is 12.0. The molecule has 25 heavy (non-hydrogen) atoms. The number of hydrogen-bond donors (Lipinski definition) is 3. The van der Waals surface area contributed by atoms with Crippen LogP contribution in [0.5, 0.6) is 0 Å². The van der Waals surface area contributed by atoms with Crippen molar-refractivity contribution in [2.45, 2.75) is 13.8 Å². The minimum Gasteiger partial charge on any atom is -0.345 e. The zero-order valence-electron chi connectivity index (χ0n) is 13.8. The van der Waals surface area contributed by atoms with Gasteiger partial charge in [-0.25, -0.2) is 4.98 Å². The van der Waals surface area contributed by atoms with Gasteiger partial charge in [-0.15, -0.1) is 0 Å². The van der Waals surface area contributed by atoms with Crippen molar-refractivity contribution in [1.29, 1.82) is 0 Å². The van der Waals surface area contributed by atoms with E-state index in [4.69, 9.17) is 0 Å². The molecule has 1 amide bonds. The van der Waals surface area contributed by atoms with Gasteiger partial charge in [-0.3, -0.25) is 9.59 Å². The minimum atomic E-state index is -0.220. The van der Waals surface area contributed by atoms with Gasteiger partial charge in [0.1, 0.15) is 0 Å². The Bertz CT molecular complexity index is 1190. The van der Waals surface area contributed by atoms with Crippen molar-refractivity contribution < 1.29 is 4.79 Å². The van der Waals surface area contributed by atoms with E-state index in [1.54, 1.807) is 37.5 Å². The molecular formula is C19H16N4O2. The number of nitrogens with zero attached hydrogens (tertiary/aromatic N) is 1. The molecule has 6 nitrogen and oxygen atoms in total. The quantitative estimate of drug-likeness (QED) is 0.526. The third kappa shape index (κ3) is 2.57. The number of carbonyl (C=O) groups is 1. The van der Waals surface area contributed by atoms with Gasteiger partial charge in [0.2, 0.25) is 0 Å². The average molecular weight is 332 g/mol. The summed E-state index contributed by atoms with van der Waals surface area (Å²) in [5.41, 5.74) is 5.02. The minimum absolute atomic E-state index is 0.113. The Morgan fingerprint density at radius 2 is 1.88 bits per heavy atom. The van der Waals surface area contributed by atoms with E-state index in [2.05, 4.69) is 20.3 Å². The topological polar surface area (TPSA) is 90.6 Å². The van der Waals surface area contributed by atoms with E-state index in [0.717, 1.165) is 22.0 Å². The van der Waals surface area contributed by atoms with Crippen LogP contribution < -0.4 is 10.9 Å². The maximum absolute atomic E-state index is 12.5. The summed E-state index contributed by atoms with van der Waals surface area (Å²) in [5.74, 6) is -0.220. The number of carbonyl (C=O) groups excluding carboxylic acids is 1. The first-order valence-corrected chi connectivity index (χ1v) is 7.90. The fourth-order valence-corrected chi connectivity index (χ4v) is 2.92. The number of hydrogen-bond acceptors (Lipinski definition) is 3. The third-order valence-corrected chi connectivity index (χ3v) is 4.52. The number of imidazole rings is 1. The number of aromatic amines is 2. The molecule has 0 atom stereocenters. The highest BCUT2D eigenvalue weighted by Gasteiger charge is 2.10. The number of nitrogens with one attached hydrogen (secondary N) is 3. The number of fused-ring (bicyclic) bond motifs is 2. The zero-order valence-corrected chi connectivity index (χ0v) is 13.8. The van der Waals surface area contributed by atoms with E-state index >= 15 is 0 Å². The van der Waals surface area contributed by atoms with Crippen LogP contribution >= 0.6 is 0 Å². The number of aryl methyl sites for hydroxylation is 1. The highest BCUT2D eigenvalue weighted by atomic mass is 16.1. The maximum Gasteiger partial charge on any atom is 0.255 e. The second-order valence-electron chi connectivity index (χ2n) is 6.05. The van der Waals surface area contributed by atoms with Gasteiger partial charge in [0.15, 0.2) is 0 Å². The normalized spacial score (nSPS) is 11.1. The fourth-order valence-electron chi connectivity index (χ4n) is 2.92. The summed E-state index contributed by atoms with van der Waals surface area (Å²) in [7, 11) is 0. The molecule has 0 fully saturated rings. The van der Waals surface area contributed by atoms with E-state index in [9.17, 15) is 9.59 Å². The summed E-state index contributed by atoms with van der Waals surface area (Å²) in [5, 5.41) is 3.83. The van der Waals surface area contributed by atoms with Gasteiger partial charge in [0.25, 0.3) is 11.5 Å². The van der Waals surface area contributed by atoms with Crippen molar-refractivity contribution in [3.05, 3.63) is 69.8 Å². The molecule has 4 rings (SSSR count). The molecule has 0 aliphatic carbocycles. The molecule has 2 aromatic carbocycles. The van der Waals surface area contributed by atoms with E-state index in [-0.39, 0.29) is 11.5 Å². The van der Waals surface area contributed by atoms with E-state index < -0.39 is 0 Å². The van der Waals surface area contributed by atoms with E-state index in [0.29, 0.717) is 22.3 Å². The van der Waals surface area contributed by atoms with Crippen molar-refractivity contribution >= 4 is 33.5 Å². The van der Waals surface area contributed by atoms with Crippen LogP contribution in [0.15, 0.2) is 47.5 Å². The molecule has 0 unspecified atom stereocenters. The van der Waals surface area contributed by atoms with Crippen LogP contribution in [0, 0.1) is 13.8 Å². The van der Waals surface area contributed by atoms with Crippen LogP contribution in [0.2, 0.25) is 0 Å². The Kier molecular flexibility index (Phi) is 3.39. The van der Waals surface area contributed by atoms with Crippen molar-refractivity contribution in [2.75, 3.05) is 5.32 Å².